The number of carboxylic acid groups (broad SMARTS) is 1. The molecule has 3 N–H and O–H groups in total. The quantitative estimate of drug-likeness (QED) is 0.793. The van der Waals surface area contributed by atoms with Gasteiger partial charge in [-0.1, -0.05) is 19.3 Å². The number of hydrogen-bond donors (Lipinski definition) is 3. The molecule has 1 aliphatic carbocycles. The van der Waals surface area contributed by atoms with Gasteiger partial charge in [0.2, 0.25) is 0 Å². The van der Waals surface area contributed by atoms with E-state index in [4.69, 9.17) is 0 Å². The van der Waals surface area contributed by atoms with Crippen LogP contribution < -0.4 is 10.6 Å². The van der Waals surface area contributed by atoms with Gasteiger partial charge in [-0.3, -0.25) is 0 Å². The van der Waals surface area contributed by atoms with Gasteiger partial charge in [0.25, 0.3) is 0 Å². The Morgan fingerprint density at radius 2 is 2.05 bits per heavy atom. The van der Waals surface area contributed by atoms with Crippen LogP contribution in [0.4, 0.5) is 4.79 Å². The predicted molar refractivity (Wildman–Crippen MR) is 73.1 cm³/mol. The molecular weight excluding hydrogens is 264 g/mol. The fourth-order valence-electron chi connectivity index (χ4n) is 2.38. The third-order valence-electron chi connectivity index (χ3n) is 3.50. The van der Waals surface area contributed by atoms with E-state index >= 15 is 0 Å². The zero-order valence-electron chi connectivity index (χ0n) is 10.6. The van der Waals surface area contributed by atoms with E-state index in [0.717, 1.165) is 24.8 Å². The van der Waals surface area contributed by atoms with Crippen molar-refractivity contribution in [2.24, 2.45) is 0 Å². The lowest BCUT2D eigenvalue weighted by atomic mass is 9.82. The molecule has 0 aliphatic heterocycles. The van der Waals surface area contributed by atoms with Crippen LogP contribution in [0.25, 0.3) is 0 Å². The van der Waals surface area contributed by atoms with Crippen molar-refractivity contribution in [2.45, 2.75) is 44.2 Å². The van der Waals surface area contributed by atoms with Gasteiger partial charge in [-0.25, -0.2) is 9.59 Å². The van der Waals surface area contributed by atoms with Crippen LogP contribution in [-0.4, -0.2) is 22.6 Å². The fraction of sp³-hybridized carbons (Fsp3) is 0.538. The molecule has 0 radical (unpaired) electrons. The van der Waals surface area contributed by atoms with E-state index in [1.807, 2.05) is 16.8 Å². The topological polar surface area (TPSA) is 78.4 Å². The minimum Gasteiger partial charge on any atom is -0.480 e. The molecule has 2 amide bonds. The summed E-state index contributed by atoms with van der Waals surface area (Å²) in [6.07, 6.45) is 3.74. The van der Waals surface area contributed by atoms with Gasteiger partial charge in [-0.15, -0.1) is 0 Å². The molecule has 1 aliphatic rings. The van der Waals surface area contributed by atoms with Crippen LogP contribution in [0.2, 0.25) is 0 Å². The van der Waals surface area contributed by atoms with Crippen LogP contribution in [0, 0.1) is 0 Å². The number of nitrogens with one attached hydrogen (secondary N) is 2. The summed E-state index contributed by atoms with van der Waals surface area (Å²) in [5.41, 5.74) is -0.0649. The molecule has 1 aromatic rings. The van der Waals surface area contributed by atoms with Crippen LogP contribution in [0.5, 0.6) is 0 Å². The Balaban J connectivity index is 1.90. The highest BCUT2D eigenvalue weighted by Crippen LogP contribution is 2.28. The first-order chi connectivity index (χ1) is 9.12. The van der Waals surface area contributed by atoms with Crippen molar-refractivity contribution in [3.05, 3.63) is 22.4 Å². The molecule has 0 unspecified atom stereocenters. The highest BCUT2D eigenvalue weighted by molar-refractivity contribution is 7.07. The smallest absolute Gasteiger partial charge is 0.329 e. The SMILES string of the molecule is O=C(NCc1ccsc1)NC1(C(=O)O)CCCCC1. The number of aliphatic carboxylic acids is 1. The van der Waals surface area contributed by atoms with Gasteiger partial charge in [0, 0.05) is 6.54 Å². The highest BCUT2D eigenvalue weighted by atomic mass is 32.1. The van der Waals surface area contributed by atoms with Crippen molar-refractivity contribution < 1.29 is 14.7 Å². The summed E-state index contributed by atoms with van der Waals surface area (Å²) < 4.78 is 0. The minimum atomic E-state index is -1.09. The maximum atomic E-state index is 11.8. The minimum absolute atomic E-state index is 0.407. The van der Waals surface area contributed by atoms with Crippen molar-refractivity contribution in [3.8, 4) is 0 Å². The summed E-state index contributed by atoms with van der Waals surface area (Å²) in [4.78, 5) is 23.2. The molecule has 6 heteroatoms. The molecule has 1 fully saturated rings. The summed E-state index contributed by atoms with van der Waals surface area (Å²) in [5.74, 6) is -0.933. The normalized spacial score (nSPS) is 17.7. The number of urea groups is 1. The molecule has 0 bridgehead atoms. The molecule has 1 aromatic heterocycles. The number of thiophene rings is 1. The van der Waals surface area contributed by atoms with E-state index in [2.05, 4.69) is 10.6 Å². The summed E-state index contributed by atoms with van der Waals surface area (Å²) in [7, 11) is 0. The Hall–Kier alpha value is -1.56. The van der Waals surface area contributed by atoms with Gasteiger partial charge >= 0.3 is 12.0 Å². The zero-order valence-corrected chi connectivity index (χ0v) is 11.5. The zero-order chi connectivity index (χ0) is 13.7. The van der Waals surface area contributed by atoms with Crippen LogP contribution in [0.15, 0.2) is 16.8 Å². The molecule has 0 spiro atoms. The summed E-state index contributed by atoms with van der Waals surface area (Å²) in [5, 5.41) is 18.6. The second-order valence-corrected chi connectivity index (χ2v) is 5.67. The maximum Gasteiger partial charge on any atom is 0.329 e. The Morgan fingerprint density at radius 1 is 1.32 bits per heavy atom. The van der Waals surface area contributed by atoms with Crippen LogP contribution >= 0.6 is 11.3 Å². The van der Waals surface area contributed by atoms with E-state index in [1.165, 1.54) is 0 Å². The van der Waals surface area contributed by atoms with E-state index in [1.54, 1.807) is 11.3 Å². The summed E-state index contributed by atoms with van der Waals surface area (Å²) in [6.45, 7) is 0.422. The number of carbonyl (C=O) groups is 2. The summed E-state index contributed by atoms with van der Waals surface area (Å²) >= 11 is 1.57. The van der Waals surface area contributed by atoms with Gasteiger partial charge in [0.05, 0.1) is 0 Å². The van der Waals surface area contributed by atoms with Crippen LogP contribution in [0.3, 0.4) is 0 Å². The van der Waals surface area contributed by atoms with Gasteiger partial charge in [-0.05, 0) is 35.2 Å². The van der Waals surface area contributed by atoms with Gasteiger partial charge in [-0.2, -0.15) is 11.3 Å². The third-order valence-corrected chi connectivity index (χ3v) is 4.23. The average molecular weight is 282 g/mol. The monoisotopic (exact) mass is 282 g/mol. The second kappa shape index (κ2) is 6.06. The average Bonchev–Trinajstić information content (AvgIpc) is 2.90. The Morgan fingerprint density at radius 3 is 2.63 bits per heavy atom. The lowest BCUT2D eigenvalue weighted by Gasteiger charge is -2.33. The van der Waals surface area contributed by atoms with Gasteiger partial charge in [0.15, 0.2) is 0 Å². The lowest BCUT2D eigenvalue weighted by Crippen LogP contribution is -2.57. The van der Waals surface area contributed by atoms with Crippen LogP contribution in [0.1, 0.15) is 37.7 Å². The molecule has 1 saturated carbocycles. The Bertz CT molecular complexity index is 439. The summed E-state index contributed by atoms with van der Waals surface area (Å²) in [6, 6.07) is 1.52. The fourth-order valence-corrected chi connectivity index (χ4v) is 3.05. The van der Waals surface area contributed by atoms with E-state index < -0.39 is 17.5 Å². The Kier molecular flexibility index (Phi) is 4.42. The first kappa shape index (κ1) is 13.9. The van der Waals surface area contributed by atoms with Crippen molar-refractivity contribution in [1.29, 1.82) is 0 Å². The van der Waals surface area contributed by atoms with E-state index in [0.29, 0.717) is 19.4 Å². The van der Waals surface area contributed by atoms with E-state index in [9.17, 15) is 14.7 Å². The first-order valence-corrected chi connectivity index (χ1v) is 7.37. The molecule has 0 saturated heterocycles. The molecule has 1 heterocycles. The van der Waals surface area contributed by atoms with Crippen molar-refractivity contribution in [2.75, 3.05) is 0 Å². The maximum absolute atomic E-state index is 11.8. The van der Waals surface area contributed by atoms with Crippen molar-refractivity contribution >= 4 is 23.3 Å². The van der Waals surface area contributed by atoms with Crippen molar-refractivity contribution in [1.82, 2.24) is 10.6 Å². The molecule has 5 nitrogen and oxygen atoms in total. The number of hydrogen-bond acceptors (Lipinski definition) is 3. The molecule has 0 aromatic carbocycles. The largest absolute Gasteiger partial charge is 0.480 e. The predicted octanol–water partition coefficient (Wildman–Crippen LogP) is 2.33. The first-order valence-electron chi connectivity index (χ1n) is 6.43. The number of carboxylic acids is 1. The van der Waals surface area contributed by atoms with Crippen molar-refractivity contribution in [3.63, 3.8) is 0 Å². The van der Waals surface area contributed by atoms with Crippen LogP contribution in [-0.2, 0) is 11.3 Å². The third kappa shape index (κ3) is 3.47. The highest BCUT2D eigenvalue weighted by Gasteiger charge is 2.40. The standard InChI is InChI=1S/C13H18N2O3S/c16-11(17)13(5-2-1-3-6-13)15-12(18)14-8-10-4-7-19-9-10/h4,7,9H,1-3,5-6,8H2,(H,16,17)(H2,14,15,18). The Labute approximate surface area is 116 Å². The van der Waals surface area contributed by atoms with Gasteiger partial charge < -0.3 is 15.7 Å². The number of rotatable bonds is 4. The molecule has 104 valence electrons. The number of carbonyl (C=O) groups excluding carboxylic acids is 1. The van der Waals surface area contributed by atoms with E-state index in [-0.39, 0.29) is 0 Å². The molecule has 0 atom stereocenters. The molecule has 19 heavy (non-hydrogen) atoms. The van der Waals surface area contributed by atoms with Gasteiger partial charge in [0.1, 0.15) is 5.54 Å². The lowest BCUT2D eigenvalue weighted by molar-refractivity contribution is -0.145. The molecular formula is C13H18N2O3S. The number of amides is 2. The second-order valence-electron chi connectivity index (χ2n) is 4.89. The molecule has 2 rings (SSSR count).